The maximum absolute atomic E-state index is 12.0. The Morgan fingerprint density at radius 2 is 1.61 bits per heavy atom. The third-order valence-corrected chi connectivity index (χ3v) is 3.07. The van der Waals surface area contributed by atoms with Crippen LogP contribution in [0.15, 0.2) is 54.6 Å². The van der Waals surface area contributed by atoms with Crippen molar-refractivity contribution < 1.29 is 23.4 Å². The van der Waals surface area contributed by atoms with Gasteiger partial charge in [-0.1, -0.05) is 30.3 Å². The molecule has 0 atom stereocenters. The van der Waals surface area contributed by atoms with Gasteiger partial charge in [-0.05, 0) is 29.8 Å². The first-order valence-electron chi connectivity index (χ1n) is 7.02. The average molecular weight is 327 g/mol. The zero-order valence-corrected chi connectivity index (χ0v) is 12.8. The molecule has 0 bridgehead atoms. The quantitative estimate of drug-likeness (QED) is 0.905. The molecule has 0 aliphatic heterocycles. The summed E-state index contributed by atoms with van der Waals surface area (Å²) < 4.78 is 36.1. The first-order chi connectivity index (χ1) is 10.9. The van der Waals surface area contributed by atoms with Gasteiger partial charge in [-0.3, -0.25) is 0 Å². The third kappa shape index (κ3) is 6.71. The number of aliphatic hydroxyl groups excluding tert-OH is 2. The molecule has 0 aromatic heterocycles. The van der Waals surface area contributed by atoms with Gasteiger partial charge in [-0.2, -0.15) is 13.2 Å². The summed E-state index contributed by atoms with van der Waals surface area (Å²) in [6, 6.07) is 14.6. The second kappa shape index (κ2) is 9.17. The van der Waals surface area contributed by atoms with Gasteiger partial charge in [-0.25, -0.2) is 0 Å². The van der Waals surface area contributed by atoms with Crippen LogP contribution in [-0.2, 0) is 12.8 Å². The van der Waals surface area contributed by atoms with E-state index in [0.29, 0.717) is 6.54 Å². The standard InChI is InChI=1S/C9H13NO.C8H7F3O/c1-10(7-8-11)9-5-3-2-4-6-9;9-8(10,11)7-3-1-2-6(4-7)5-12/h2-6,11H,7-8H2,1H3;1-4,12H,5H2. The maximum atomic E-state index is 12.0. The van der Waals surface area contributed by atoms with E-state index in [1.165, 1.54) is 12.1 Å². The van der Waals surface area contributed by atoms with Gasteiger partial charge >= 0.3 is 6.18 Å². The third-order valence-electron chi connectivity index (χ3n) is 3.07. The first kappa shape index (κ1) is 19.0. The van der Waals surface area contributed by atoms with Crippen LogP contribution in [0, 0.1) is 0 Å². The Morgan fingerprint density at radius 1 is 0.957 bits per heavy atom. The fraction of sp³-hybridized carbons (Fsp3) is 0.294. The number of alkyl halides is 3. The molecule has 126 valence electrons. The number of anilines is 1. The van der Waals surface area contributed by atoms with Crippen molar-refractivity contribution in [2.45, 2.75) is 12.8 Å². The van der Waals surface area contributed by atoms with Gasteiger partial charge in [0.15, 0.2) is 0 Å². The van der Waals surface area contributed by atoms with E-state index in [4.69, 9.17) is 10.2 Å². The molecule has 6 heteroatoms. The summed E-state index contributed by atoms with van der Waals surface area (Å²) in [5.41, 5.74) is 0.681. The molecule has 0 radical (unpaired) electrons. The number of benzene rings is 2. The van der Waals surface area contributed by atoms with Crippen LogP contribution in [0.2, 0.25) is 0 Å². The zero-order valence-electron chi connectivity index (χ0n) is 12.8. The Labute approximate surface area is 133 Å². The number of hydrogen-bond donors (Lipinski definition) is 2. The molecule has 0 aliphatic rings. The predicted octanol–water partition coefficient (Wildman–Crippen LogP) is 3.31. The predicted molar refractivity (Wildman–Crippen MR) is 84.2 cm³/mol. The largest absolute Gasteiger partial charge is 0.416 e. The van der Waals surface area contributed by atoms with Crippen molar-refractivity contribution in [3.63, 3.8) is 0 Å². The van der Waals surface area contributed by atoms with Crippen molar-refractivity contribution >= 4 is 5.69 Å². The maximum Gasteiger partial charge on any atom is 0.416 e. The van der Waals surface area contributed by atoms with Crippen LogP contribution >= 0.6 is 0 Å². The van der Waals surface area contributed by atoms with Crippen molar-refractivity contribution in [1.29, 1.82) is 0 Å². The van der Waals surface area contributed by atoms with E-state index in [9.17, 15) is 13.2 Å². The number of rotatable bonds is 4. The number of aliphatic hydroxyl groups is 2. The smallest absolute Gasteiger partial charge is 0.395 e. The van der Waals surface area contributed by atoms with E-state index in [0.717, 1.165) is 17.8 Å². The van der Waals surface area contributed by atoms with Crippen LogP contribution in [0.25, 0.3) is 0 Å². The molecule has 0 amide bonds. The highest BCUT2D eigenvalue weighted by Crippen LogP contribution is 2.29. The highest BCUT2D eigenvalue weighted by atomic mass is 19.4. The number of hydrogen-bond acceptors (Lipinski definition) is 3. The highest BCUT2D eigenvalue weighted by molar-refractivity contribution is 5.44. The fourth-order valence-corrected chi connectivity index (χ4v) is 1.81. The lowest BCUT2D eigenvalue weighted by Crippen LogP contribution is -2.20. The molecule has 0 aliphatic carbocycles. The summed E-state index contributed by atoms with van der Waals surface area (Å²) in [5.74, 6) is 0. The van der Waals surface area contributed by atoms with Gasteiger partial charge < -0.3 is 15.1 Å². The Balaban J connectivity index is 0.000000231. The topological polar surface area (TPSA) is 43.7 Å². The van der Waals surface area contributed by atoms with Crippen LogP contribution in [-0.4, -0.2) is 30.4 Å². The lowest BCUT2D eigenvalue weighted by Gasteiger charge is -2.17. The molecule has 0 spiro atoms. The summed E-state index contributed by atoms with van der Waals surface area (Å²) >= 11 is 0. The lowest BCUT2D eigenvalue weighted by atomic mass is 10.1. The average Bonchev–Trinajstić information content (AvgIpc) is 2.56. The molecule has 2 aromatic carbocycles. The molecule has 0 saturated carbocycles. The summed E-state index contributed by atoms with van der Waals surface area (Å²) in [5, 5.41) is 17.2. The number of halogens is 3. The van der Waals surface area contributed by atoms with Crippen LogP contribution in [0.4, 0.5) is 18.9 Å². The Morgan fingerprint density at radius 3 is 2.13 bits per heavy atom. The van der Waals surface area contributed by atoms with Crippen molar-refractivity contribution in [3.05, 3.63) is 65.7 Å². The Bertz CT molecular complexity index is 574. The van der Waals surface area contributed by atoms with E-state index in [1.807, 2.05) is 42.3 Å². The van der Waals surface area contributed by atoms with Gasteiger partial charge in [0.1, 0.15) is 0 Å². The zero-order chi connectivity index (χ0) is 17.3. The Hall–Kier alpha value is -2.05. The van der Waals surface area contributed by atoms with Crippen molar-refractivity contribution in [2.75, 3.05) is 25.1 Å². The van der Waals surface area contributed by atoms with Crippen molar-refractivity contribution in [1.82, 2.24) is 0 Å². The number of para-hydroxylation sites is 1. The van der Waals surface area contributed by atoms with E-state index in [1.54, 1.807) is 0 Å². The fourth-order valence-electron chi connectivity index (χ4n) is 1.81. The number of likely N-dealkylation sites (N-methyl/N-ethyl adjacent to an activating group) is 1. The summed E-state index contributed by atoms with van der Waals surface area (Å²) in [6.07, 6.45) is -4.33. The summed E-state index contributed by atoms with van der Waals surface area (Å²) in [4.78, 5) is 2.01. The SMILES string of the molecule is CN(CCO)c1ccccc1.OCc1cccc(C(F)(F)F)c1. The van der Waals surface area contributed by atoms with Gasteiger partial charge in [0.2, 0.25) is 0 Å². The van der Waals surface area contributed by atoms with Crippen LogP contribution in [0.1, 0.15) is 11.1 Å². The second-order valence-electron chi connectivity index (χ2n) is 4.84. The van der Waals surface area contributed by atoms with Gasteiger partial charge in [-0.15, -0.1) is 0 Å². The van der Waals surface area contributed by atoms with E-state index in [-0.39, 0.29) is 18.8 Å². The minimum atomic E-state index is -4.33. The molecule has 3 nitrogen and oxygen atoms in total. The normalized spacial score (nSPS) is 10.7. The summed E-state index contributed by atoms with van der Waals surface area (Å²) in [6.45, 7) is 0.513. The van der Waals surface area contributed by atoms with E-state index in [2.05, 4.69) is 0 Å². The monoisotopic (exact) mass is 327 g/mol. The molecular weight excluding hydrogens is 307 g/mol. The van der Waals surface area contributed by atoms with E-state index >= 15 is 0 Å². The van der Waals surface area contributed by atoms with Crippen LogP contribution in [0.5, 0.6) is 0 Å². The molecule has 2 rings (SSSR count). The van der Waals surface area contributed by atoms with Crippen molar-refractivity contribution in [3.8, 4) is 0 Å². The molecule has 0 fully saturated rings. The van der Waals surface area contributed by atoms with Gasteiger partial charge in [0.05, 0.1) is 18.8 Å². The van der Waals surface area contributed by atoms with Crippen LogP contribution in [0.3, 0.4) is 0 Å². The molecular formula is C17H20F3NO2. The highest BCUT2D eigenvalue weighted by Gasteiger charge is 2.30. The second-order valence-corrected chi connectivity index (χ2v) is 4.84. The molecule has 2 aromatic rings. The van der Waals surface area contributed by atoms with Crippen molar-refractivity contribution in [2.24, 2.45) is 0 Å². The lowest BCUT2D eigenvalue weighted by molar-refractivity contribution is -0.137. The van der Waals surface area contributed by atoms with Gasteiger partial charge in [0, 0.05) is 19.3 Å². The first-order valence-corrected chi connectivity index (χ1v) is 7.02. The number of nitrogens with zero attached hydrogens (tertiary/aromatic N) is 1. The van der Waals surface area contributed by atoms with E-state index < -0.39 is 11.7 Å². The minimum Gasteiger partial charge on any atom is -0.395 e. The molecule has 0 saturated heterocycles. The van der Waals surface area contributed by atoms with Crippen LogP contribution < -0.4 is 4.90 Å². The summed E-state index contributed by atoms with van der Waals surface area (Å²) in [7, 11) is 1.96. The molecule has 23 heavy (non-hydrogen) atoms. The molecule has 0 unspecified atom stereocenters. The Kier molecular flexibility index (Phi) is 7.57. The molecule has 2 N–H and O–H groups in total. The molecule has 0 heterocycles. The minimum absolute atomic E-state index is 0.200. The van der Waals surface area contributed by atoms with Gasteiger partial charge in [0.25, 0.3) is 0 Å².